The Kier molecular flexibility index (Phi) is 5.02. The second kappa shape index (κ2) is 7.15. The summed E-state index contributed by atoms with van der Waals surface area (Å²) in [5.74, 6) is -0.104. The lowest BCUT2D eigenvalue weighted by Gasteiger charge is -2.14. The third kappa shape index (κ3) is 3.93. The maximum Gasteiger partial charge on any atom is 0.416 e. The zero-order valence-electron chi connectivity index (χ0n) is 14.6. The summed E-state index contributed by atoms with van der Waals surface area (Å²) in [5.41, 5.74) is -0.348. The van der Waals surface area contributed by atoms with Crippen LogP contribution in [0.2, 0.25) is 5.15 Å². The van der Waals surface area contributed by atoms with Gasteiger partial charge in [0.15, 0.2) is 16.3 Å². The minimum atomic E-state index is -4.64. The first-order chi connectivity index (χ1) is 13.1. The van der Waals surface area contributed by atoms with Crippen LogP contribution < -0.4 is 10.8 Å². The molecule has 28 heavy (non-hydrogen) atoms. The number of halogens is 4. The minimum absolute atomic E-state index is 0.104. The highest BCUT2D eigenvalue weighted by atomic mass is 35.5. The molecule has 0 unspecified atom stereocenters. The van der Waals surface area contributed by atoms with Gasteiger partial charge in [-0.2, -0.15) is 28.0 Å². The number of hydrogen-bond donors (Lipinski definition) is 2. The maximum absolute atomic E-state index is 12.8. The highest BCUT2D eigenvalue weighted by Crippen LogP contribution is 2.28. The number of hydrogen-bond acceptors (Lipinski definition) is 4. The Balaban J connectivity index is 2.00. The summed E-state index contributed by atoms with van der Waals surface area (Å²) in [7, 11) is 0. The van der Waals surface area contributed by atoms with Gasteiger partial charge in [0.1, 0.15) is 0 Å². The molecule has 3 aromatic rings. The molecule has 2 amide bonds. The summed E-state index contributed by atoms with van der Waals surface area (Å²) >= 11 is 5.89. The fourth-order valence-electron chi connectivity index (χ4n) is 2.56. The van der Waals surface area contributed by atoms with Gasteiger partial charge >= 0.3 is 12.2 Å². The Morgan fingerprint density at radius 3 is 2.71 bits per heavy atom. The molecule has 0 aliphatic rings. The topological polar surface area (TPSA) is 96.8 Å². The maximum atomic E-state index is 12.8. The number of anilines is 1. The van der Waals surface area contributed by atoms with Gasteiger partial charge in [-0.25, -0.2) is 14.3 Å². The standard InChI is InChI=1S/C16H14ClF3N6O2/c1-8(2)14-10(7-21-12-6-11(17)24-26(12)14)22-15(27)23-13-5-9(16(18,19)20)3-4-25(13)28/h3-8,28H,1-2H3,(H,22,27). The molecule has 2 N–H and O–H groups in total. The molecule has 0 spiro atoms. The minimum Gasteiger partial charge on any atom is -0.427 e. The molecule has 0 aliphatic carbocycles. The van der Waals surface area contributed by atoms with E-state index in [0.717, 1.165) is 6.20 Å². The number of fused-ring (bicyclic) bond motifs is 1. The molecule has 0 radical (unpaired) electrons. The van der Waals surface area contributed by atoms with Gasteiger partial charge in [-0.05, 0) is 18.1 Å². The molecule has 0 fully saturated rings. The van der Waals surface area contributed by atoms with Gasteiger partial charge in [0.2, 0.25) is 0 Å². The molecule has 0 bridgehead atoms. The van der Waals surface area contributed by atoms with Crippen LogP contribution in [0.1, 0.15) is 31.0 Å². The molecule has 0 saturated carbocycles. The van der Waals surface area contributed by atoms with E-state index >= 15 is 0 Å². The van der Waals surface area contributed by atoms with Crippen molar-refractivity contribution in [2.75, 3.05) is 5.32 Å². The zero-order chi connectivity index (χ0) is 20.6. The van der Waals surface area contributed by atoms with Crippen LogP contribution in [0, 0.1) is 0 Å². The van der Waals surface area contributed by atoms with Crippen LogP contribution in [0.25, 0.3) is 5.65 Å². The SMILES string of the molecule is CC(C)c1c(NC(=O)N=c2cc(C(F)(F)F)ccn2O)cnc2cc(Cl)nn12. The molecule has 0 aliphatic heterocycles. The quantitative estimate of drug-likeness (QED) is 0.625. The van der Waals surface area contributed by atoms with Crippen LogP contribution in [0.15, 0.2) is 35.6 Å². The highest BCUT2D eigenvalue weighted by molar-refractivity contribution is 6.29. The lowest BCUT2D eigenvalue weighted by atomic mass is 10.1. The average molecular weight is 415 g/mol. The monoisotopic (exact) mass is 414 g/mol. The summed E-state index contributed by atoms with van der Waals surface area (Å²) in [6, 6.07) is 1.76. The number of carbonyl (C=O) groups is 1. The molecule has 0 atom stereocenters. The van der Waals surface area contributed by atoms with Crippen LogP contribution in [-0.2, 0) is 6.18 Å². The summed E-state index contributed by atoms with van der Waals surface area (Å²) in [5, 5.41) is 16.4. The third-order valence-electron chi connectivity index (χ3n) is 3.74. The Labute approximate surface area is 160 Å². The van der Waals surface area contributed by atoms with Crippen molar-refractivity contribution in [3.63, 3.8) is 0 Å². The molecule has 3 aromatic heterocycles. The number of amides is 2. The Morgan fingerprint density at radius 2 is 2.07 bits per heavy atom. The van der Waals surface area contributed by atoms with E-state index < -0.39 is 23.3 Å². The number of pyridine rings is 1. The van der Waals surface area contributed by atoms with E-state index in [4.69, 9.17) is 11.6 Å². The summed E-state index contributed by atoms with van der Waals surface area (Å²) in [6.07, 6.45) is -2.53. The average Bonchev–Trinajstić information content (AvgIpc) is 2.95. The smallest absolute Gasteiger partial charge is 0.416 e. The van der Waals surface area contributed by atoms with E-state index in [1.807, 2.05) is 13.8 Å². The Morgan fingerprint density at radius 1 is 1.36 bits per heavy atom. The van der Waals surface area contributed by atoms with E-state index in [9.17, 15) is 23.2 Å². The molecule has 8 nitrogen and oxygen atoms in total. The first kappa shape index (κ1) is 19.7. The summed E-state index contributed by atoms with van der Waals surface area (Å²) < 4.78 is 40.2. The molecular formula is C16H14ClF3N6O2. The molecule has 12 heteroatoms. The first-order valence-corrected chi connectivity index (χ1v) is 8.33. The predicted octanol–water partition coefficient (Wildman–Crippen LogP) is 3.70. The van der Waals surface area contributed by atoms with Gasteiger partial charge in [0.25, 0.3) is 0 Å². The van der Waals surface area contributed by atoms with Crippen LogP contribution >= 0.6 is 11.6 Å². The predicted molar refractivity (Wildman–Crippen MR) is 93.3 cm³/mol. The lowest BCUT2D eigenvalue weighted by molar-refractivity contribution is -0.137. The van der Waals surface area contributed by atoms with Crippen LogP contribution in [0.3, 0.4) is 0 Å². The van der Waals surface area contributed by atoms with Crippen molar-refractivity contribution in [2.24, 2.45) is 4.99 Å². The van der Waals surface area contributed by atoms with Crippen molar-refractivity contribution in [3.8, 4) is 0 Å². The van der Waals surface area contributed by atoms with E-state index in [2.05, 4.69) is 20.4 Å². The largest absolute Gasteiger partial charge is 0.427 e. The van der Waals surface area contributed by atoms with Gasteiger partial charge in [0.05, 0.1) is 23.1 Å². The van der Waals surface area contributed by atoms with Crippen LogP contribution in [0.5, 0.6) is 0 Å². The second-order valence-corrected chi connectivity index (χ2v) is 6.49. The second-order valence-electron chi connectivity index (χ2n) is 6.11. The van der Waals surface area contributed by atoms with Gasteiger partial charge in [-0.1, -0.05) is 25.4 Å². The van der Waals surface area contributed by atoms with Gasteiger partial charge in [0, 0.05) is 12.3 Å². The van der Waals surface area contributed by atoms with E-state index in [1.54, 1.807) is 6.07 Å². The van der Waals surface area contributed by atoms with Crippen LogP contribution in [-0.4, -0.2) is 30.6 Å². The zero-order valence-corrected chi connectivity index (χ0v) is 15.3. The molecule has 3 heterocycles. The number of nitrogens with one attached hydrogen (secondary N) is 1. The van der Waals surface area contributed by atoms with Crippen LogP contribution in [0.4, 0.5) is 23.7 Å². The van der Waals surface area contributed by atoms with Crippen molar-refractivity contribution in [1.82, 2.24) is 19.3 Å². The van der Waals surface area contributed by atoms with Gasteiger partial charge in [-0.3, -0.25) is 0 Å². The number of aromatic nitrogens is 4. The highest BCUT2D eigenvalue weighted by Gasteiger charge is 2.30. The van der Waals surface area contributed by atoms with Crippen molar-refractivity contribution >= 4 is 29.0 Å². The van der Waals surface area contributed by atoms with E-state index in [0.29, 0.717) is 28.2 Å². The molecule has 0 saturated heterocycles. The number of urea groups is 1. The third-order valence-corrected chi connectivity index (χ3v) is 3.92. The fourth-order valence-corrected chi connectivity index (χ4v) is 2.74. The Bertz CT molecular complexity index is 1120. The van der Waals surface area contributed by atoms with Crippen molar-refractivity contribution in [2.45, 2.75) is 25.9 Å². The lowest BCUT2D eigenvalue weighted by Crippen LogP contribution is -2.24. The number of carbonyl (C=O) groups excluding carboxylic acids is 1. The molecule has 0 aromatic carbocycles. The van der Waals surface area contributed by atoms with Crippen molar-refractivity contribution < 1.29 is 23.2 Å². The molecule has 148 valence electrons. The summed E-state index contributed by atoms with van der Waals surface area (Å²) in [6.45, 7) is 3.71. The molecule has 3 rings (SSSR count). The van der Waals surface area contributed by atoms with Crippen molar-refractivity contribution in [1.29, 1.82) is 0 Å². The fraction of sp³-hybridized carbons (Fsp3) is 0.250. The number of rotatable bonds is 2. The first-order valence-electron chi connectivity index (χ1n) is 7.95. The normalized spacial score (nSPS) is 12.8. The van der Waals surface area contributed by atoms with E-state index in [-0.39, 0.29) is 16.8 Å². The van der Waals surface area contributed by atoms with E-state index in [1.165, 1.54) is 10.7 Å². The molecular weight excluding hydrogens is 401 g/mol. The summed E-state index contributed by atoms with van der Waals surface area (Å²) in [4.78, 5) is 19.9. The van der Waals surface area contributed by atoms with Crippen molar-refractivity contribution in [3.05, 3.63) is 52.5 Å². The van der Waals surface area contributed by atoms with Gasteiger partial charge in [-0.15, -0.1) is 0 Å². The number of nitrogens with zero attached hydrogens (tertiary/aromatic N) is 5. The Hall–Kier alpha value is -3.08. The number of alkyl halides is 3. The van der Waals surface area contributed by atoms with Gasteiger partial charge < -0.3 is 10.5 Å².